The molecular formula is C23H21F2N5O2. The number of ether oxygens (including phenoxy) is 1. The quantitative estimate of drug-likeness (QED) is 0.596. The van der Waals surface area contributed by atoms with Crippen LogP contribution < -0.4 is 15.4 Å². The number of nitrogens with one attached hydrogen (secondary N) is 2. The Morgan fingerprint density at radius 3 is 2.72 bits per heavy atom. The molecule has 3 aromatic rings. The average molecular weight is 437 g/mol. The number of carbonyl (C=O) groups is 1. The Bertz CT molecular complexity index is 1230. The van der Waals surface area contributed by atoms with Crippen LogP contribution in [0.4, 0.5) is 14.5 Å². The highest BCUT2D eigenvalue weighted by Crippen LogP contribution is 2.31. The maximum Gasteiger partial charge on any atom is 0.272 e. The van der Waals surface area contributed by atoms with Crippen LogP contribution in [0.5, 0.6) is 5.75 Å². The van der Waals surface area contributed by atoms with E-state index in [2.05, 4.69) is 20.5 Å². The maximum absolute atomic E-state index is 14.5. The third-order valence-corrected chi connectivity index (χ3v) is 5.44. The number of halogens is 2. The molecule has 0 unspecified atom stereocenters. The number of aromatic nitrogens is 2. The zero-order chi connectivity index (χ0) is 22.8. The van der Waals surface area contributed by atoms with E-state index in [-0.39, 0.29) is 34.9 Å². The number of methoxy groups -OCH3 is 1. The van der Waals surface area contributed by atoms with Crippen molar-refractivity contribution in [3.05, 3.63) is 70.8 Å². The minimum absolute atomic E-state index is 0.00988. The average Bonchev–Trinajstić information content (AvgIpc) is 3.41. The van der Waals surface area contributed by atoms with Gasteiger partial charge < -0.3 is 15.4 Å². The largest absolute Gasteiger partial charge is 0.494 e. The van der Waals surface area contributed by atoms with Crippen LogP contribution in [0.2, 0.25) is 0 Å². The molecule has 32 heavy (non-hydrogen) atoms. The van der Waals surface area contributed by atoms with Gasteiger partial charge in [-0.05, 0) is 38.1 Å². The summed E-state index contributed by atoms with van der Waals surface area (Å²) in [6.45, 7) is 10.2. The molecule has 1 fully saturated rings. The van der Waals surface area contributed by atoms with Crippen molar-refractivity contribution in [2.24, 2.45) is 0 Å². The van der Waals surface area contributed by atoms with E-state index >= 15 is 0 Å². The lowest BCUT2D eigenvalue weighted by Crippen LogP contribution is -2.36. The van der Waals surface area contributed by atoms with Crippen LogP contribution in [0, 0.1) is 25.1 Å². The van der Waals surface area contributed by atoms with E-state index in [0.29, 0.717) is 23.5 Å². The van der Waals surface area contributed by atoms with Crippen LogP contribution in [0.3, 0.4) is 0 Å². The Kier molecular flexibility index (Phi) is 5.88. The Balaban J connectivity index is 1.85. The number of rotatable bonds is 5. The molecule has 0 spiro atoms. The van der Waals surface area contributed by atoms with Crippen molar-refractivity contribution in [2.45, 2.75) is 19.4 Å². The second-order valence-electron chi connectivity index (χ2n) is 7.46. The summed E-state index contributed by atoms with van der Waals surface area (Å²) in [4.78, 5) is 20.6. The SMILES string of the molecule is [C-]#[N+]c1ccc(-c2nc(C(=O)N[C@H]3CCNC3)c(C)n2-c2ccc(OC)c(F)c2)cc1F. The third-order valence-electron chi connectivity index (χ3n) is 5.44. The van der Waals surface area contributed by atoms with E-state index in [9.17, 15) is 13.6 Å². The van der Waals surface area contributed by atoms with Gasteiger partial charge in [-0.25, -0.2) is 18.6 Å². The molecule has 1 aliphatic heterocycles. The molecule has 4 rings (SSSR count). The first-order valence-electron chi connectivity index (χ1n) is 10.0. The summed E-state index contributed by atoms with van der Waals surface area (Å²) in [6.07, 6.45) is 0.811. The minimum atomic E-state index is -0.700. The van der Waals surface area contributed by atoms with Crippen LogP contribution in [0.15, 0.2) is 36.4 Å². The molecule has 1 saturated heterocycles. The van der Waals surface area contributed by atoms with Gasteiger partial charge in [0.2, 0.25) is 5.69 Å². The van der Waals surface area contributed by atoms with Crippen molar-refractivity contribution in [1.82, 2.24) is 20.2 Å². The molecule has 1 atom stereocenters. The Labute approximate surface area is 183 Å². The van der Waals surface area contributed by atoms with Gasteiger partial charge in [-0.1, -0.05) is 12.1 Å². The lowest BCUT2D eigenvalue weighted by molar-refractivity contribution is 0.0935. The van der Waals surface area contributed by atoms with E-state index < -0.39 is 11.6 Å². The predicted molar refractivity (Wildman–Crippen MR) is 115 cm³/mol. The summed E-state index contributed by atoms with van der Waals surface area (Å²) >= 11 is 0. The van der Waals surface area contributed by atoms with E-state index in [1.807, 2.05) is 0 Å². The minimum Gasteiger partial charge on any atom is -0.494 e. The molecule has 2 aromatic carbocycles. The fourth-order valence-corrected chi connectivity index (χ4v) is 3.79. The third kappa shape index (κ3) is 3.92. The molecular weight excluding hydrogens is 416 g/mol. The fraction of sp³-hybridized carbons (Fsp3) is 0.261. The van der Waals surface area contributed by atoms with Gasteiger partial charge in [0.25, 0.3) is 5.91 Å². The molecule has 164 valence electrons. The smallest absolute Gasteiger partial charge is 0.272 e. The Hall–Kier alpha value is -3.77. The van der Waals surface area contributed by atoms with Gasteiger partial charge in [0, 0.05) is 24.2 Å². The zero-order valence-corrected chi connectivity index (χ0v) is 17.6. The van der Waals surface area contributed by atoms with E-state index in [1.165, 1.54) is 31.4 Å². The van der Waals surface area contributed by atoms with Gasteiger partial charge in [-0.15, -0.1) is 0 Å². The van der Waals surface area contributed by atoms with Crippen LogP contribution in [-0.2, 0) is 0 Å². The highest BCUT2D eigenvalue weighted by Gasteiger charge is 2.25. The highest BCUT2D eigenvalue weighted by molar-refractivity contribution is 5.94. The number of carbonyl (C=O) groups excluding carboxylic acids is 1. The zero-order valence-electron chi connectivity index (χ0n) is 17.6. The number of nitrogens with zero attached hydrogens (tertiary/aromatic N) is 3. The predicted octanol–water partition coefficient (Wildman–Crippen LogP) is 3.78. The second-order valence-corrected chi connectivity index (χ2v) is 7.46. The Morgan fingerprint density at radius 2 is 2.09 bits per heavy atom. The molecule has 0 saturated carbocycles. The summed E-state index contributed by atoms with van der Waals surface area (Å²) in [7, 11) is 1.37. The van der Waals surface area contributed by atoms with Gasteiger partial charge in [0.15, 0.2) is 11.6 Å². The number of hydrogen-bond donors (Lipinski definition) is 2. The van der Waals surface area contributed by atoms with Crippen LogP contribution in [0.25, 0.3) is 21.9 Å². The lowest BCUT2D eigenvalue weighted by atomic mass is 10.1. The second kappa shape index (κ2) is 8.77. The van der Waals surface area contributed by atoms with E-state index in [4.69, 9.17) is 11.3 Å². The van der Waals surface area contributed by atoms with Crippen molar-refractivity contribution in [2.75, 3.05) is 20.2 Å². The molecule has 0 aliphatic carbocycles. The number of hydrogen-bond acceptors (Lipinski definition) is 4. The van der Waals surface area contributed by atoms with Crippen LogP contribution in [-0.4, -0.2) is 41.7 Å². The van der Waals surface area contributed by atoms with Gasteiger partial charge in [-0.3, -0.25) is 9.36 Å². The first-order chi connectivity index (χ1) is 15.4. The first-order valence-corrected chi connectivity index (χ1v) is 10.0. The van der Waals surface area contributed by atoms with E-state index in [1.54, 1.807) is 23.6 Å². The van der Waals surface area contributed by atoms with Crippen molar-refractivity contribution in [3.63, 3.8) is 0 Å². The van der Waals surface area contributed by atoms with Crippen LogP contribution in [0.1, 0.15) is 22.6 Å². The molecule has 1 aliphatic rings. The highest BCUT2D eigenvalue weighted by atomic mass is 19.1. The standard InChI is InChI=1S/C23H21F2N5O2/c1-13-21(23(31)28-15-8-9-27-12-15)29-22(14-4-6-19(26-2)17(24)10-14)30(13)16-5-7-20(32-3)18(25)11-16/h4-7,10-11,15,27H,8-9,12H2,1,3H3,(H,28,31)/t15-/m0/s1. The van der Waals surface area contributed by atoms with Crippen molar-refractivity contribution in [1.29, 1.82) is 0 Å². The van der Waals surface area contributed by atoms with Gasteiger partial charge in [0.05, 0.1) is 25.1 Å². The molecule has 1 aromatic heterocycles. The molecule has 2 N–H and O–H groups in total. The van der Waals surface area contributed by atoms with Crippen molar-refractivity contribution >= 4 is 11.6 Å². The molecule has 1 amide bonds. The van der Waals surface area contributed by atoms with Crippen molar-refractivity contribution in [3.8, 4) is 22.8 Å². The lowest BCUT2D eigenvalue weighted by Gasteiger charge is -2.13. The fourth-order valence-electron chi connectivity index (χ4n) is 3.79. The number of benzene rings is 2. The maximum atomic E-state index is 14.5. The monoisotopic (exact) mass is 437 g/mol. The molecule has 7 nitrogen and oxygen atoms in total. The molecule has 0 radical (unpaired) electrons. The number of imidazole rings is 1. The van der Waals surface area contributed by atoms with Gasteiger partial charge in [0.1, 0.15) is 17.3 Å². The van der Waals surface area contributed by atoms with Gasteiger partial charge >= 0.3 is 0 Å². The summed E-state index contributed by atoms with van der Waals surface area (Å²) < 4.78 is 35.4. The van der Waals surface area contributed by atoms with Crippen molar-refractivity contribution < 1.29 is 18.3 Å². The molecule has 9 heteroatoms. The summed E-state index contributed by atoms with van der Waals surface area (Å²) in [5.74, 6) is -1.30. The van der Waals surface area contributed by atoms with Gasteiger partial charge in [-0.2, -0.15) is 0 Å². The topological polar surface area (TPSA) is 72.5 Å². The van der Waals surface area contributed by atoms with Crippen LogP contribution >= 0.6 is 0 Å². The summed E-state index contributed by atoms with van der Waals surface area (Å²) in [5, 5.41) is 6.14. The van der Waals surface area contributed by atoms with E-state index in [0.717, 1.165) is 13.0 Å². The summed E-state index contributed by atoms with van der Waals surface area (Å²) in [5.41, 5.74) is 1.28. The number of amides is 1. The molecule has 2 heterocycles. The first kappa shape index (κ1) is 21.5. The normalized spacial score (nSPS) is 15.4. The summed E-state index contributed by atoms with van der Waals surface area (Å²) in [6, 6.07) is 8.45. The Morgan fingerprint density at radius 1 is 1.28 bits per heavy atom. The molecule has 0 bridgehead atoms.